The lowest BCUT2D eigenvalue weighted by Crippen LogP contribution is -2.48. The van der Waals surface area contributed by atoms with Crippen molar-refractivity contribution in [2.75, 3.05) is 13.1 Å². The zero-order valence-corrected chi connectivity index (χ0v) is 17.6. The zero-order valence-electron chi connectivity index (χ0n) is 17.6. The largest absolute Gasteiger partial charge is 0.481 e. The maximum absolute atomic E-state index is 13.6. The molecule has 1 aliphatic carbocycles. The van der Waals surface area contributed by atoms with Crippen LogP contribution in [0.5, 0.6) is 0 Å². The highest BCUT2D eigenvalue weighted by Gasteiger charge is 2.40. The highest BCUT2D eigenvalue weighted by molar-refractivity contribution is 6.06. The molecule has 4 rings (SSSR count). The van der Waals surface area contributed by atoms with Gasteiger partial charge in [0.2, 0.25) is 0 Å². The third kappa shape index (κ3) is 3.87. The number of amides is 1. The number of fused-ring (bicyclic) bond motifs is 1. The number of carbonyl (C=O) groups excluding carboxylic acids is 1. The van der Waals surface area contributed by atoms with Gasteiger partial charge < -0.3 is 14.5 Å². The second-order valence-electron chi connectivity index (χ2n) is 10.1. The van der Waals surface area contributed by atoms with Crippen molar-refractivity contribution in [3.63, 3.8) is 0 Å². The fraction of sp³-hybridized carbons (Fsp3) is 0.636. The average Bonchev–Trinajstić information content (AvgIpc) is 3.42. The molecular formula is C22H29N3O4. The van der Waals surface area contributed by atoms with E-state index in [0.717, 1.165) is 24.2 Å². The first-order valence-electron chi connectivity index (χ1n) is 10.4. The number of nitrogens with zero attached hydrogens (tertiary/aromatic N) is 3. The molecule has 1 saturated carbocycles. The number of aromatic nitrogens is 2. The van der Waals surface area contributed by atoms with Gasteiger partial charge in [0, 0.05) is 24.7 Å². The van der Waals surface area contributed by atoms with Crippen LogP contribution < -0.4 is 0 Å². The lowest BCUT2D eigenvalue weighted by atomic mass is 9.81. The Morgan fingerprint density at radius 3 is 2.69 bits per heavy atom. The standard InChI is InChI=1S/C22H29N3O4/c1-21(2,3)11-16-17-14(10-15(13-6-7-13)23-18(17)29-24-16)19(26)25-9-5-8-22(4,12-25)20(27)28/h10,13H,5-9,11-12H2,1-4H3,(H,27,28). The van der Waals surface area contributed by atoms with E-state index in [2.05, 4.69) is 30.9 Å². The van der Waals surface area contributed by atoms with E-state index in [9.17, 15) is 14.7 Å². The number of aliphatic carboxylic acids is 1. The van der Waals surface area contributed by atoms with Crippen molar-refractivity contribution in [1.82, 2.24) is 15.0 Å². The van der Waals surface area contributed by atoms with Crippen LogP contribution in [0.2, 0.25) is 0 Å². The van der Waals surface area contributed by atoms with Gasteiger partial charge in [-0.2, -0.15) is 0 Å². The number of likely N-dealkylation sites (tertiary alicyclic amines) is 1. The van der Waals surface area contributed by atoms with Crippen LogP contribution in [-0.4, -0.2) is 45.1 Å². The SMILES string of the molecule is CC(C)(C)Cc1noc2nc(C3CC3)cc(C(=O)N3CCCC(C)(C(=O)O)C3)c12. The quantitative estimate of drug-likeness (QED) is 0.834. The van der Waals surface area contributed by atoms with Crippen LogP contribution in [0.25, 0.3) is 11.1 Å². The van der Waals surface area contributed by atoms with Gasteiger partial charge in [0.1, 0.15) is 0 Å². The third-order valence-corrected chi connectivity index (χ3v) is 5.96. The fourth-order valence-corrected chi connectivity index (χ4v) is 4.17. The minimum Gasteiger partial charge on any atom is -0.481 e. The van der Waals surface area contributed by atoms with Gasteiger partial charge in [0.25, 0.3) is 11.6 Å². The summed E-state index contributed by atoms with van der Waals surface area (Å²) in [6.07, 6.45) is 4.05. The summed E-state index contributed by atoms with van der Waals surface area (Å²) in [5.41, 5.74) is 1.64. The molecule has 1 unspecified atom stereocenters. The summed E-state index contributed by atoms with van der Waals surface area (Å²) in [5, 5.41) is 14.6. The molecule has 2 aromatic heterocycles. The smallest absolute Gasteiger partial charge is 0.311 e. The molecular weight excluding hydrogens is 370 g/mol. The van der Waals surface area contributed by atoms with Crippen LogP contribution in [0.15, 0.2) is 10.6 Å². The van der Waals surface area contributed by atoms with Crippen molar-refractivity contribution in [3.05, 3.63) is 23.0 Å². The van der Waals surface area contributed by atoms with E-state index in [1.165, 1.54) is 0 Å². The van der Waals surface area contributed by atoms with Crippen LogP contribution >= 0.6 is 0 Å². The monoisotopic (exact) mass is 399 g/mol. The molecule has 1 aliphatic heterocycles. The third-order valence-electron chi connectivity index (χ3n) is 5.96. The van der Waals surface area contributed by atoms with E-state index >= 15 is 0 Å². The Hall–Kier alpha value is -2.44. The summed E-state index contributed by atoms with van der Waals surface area (Å²) in [7, 11) is 0. The number of hydrogen-bond acceptors (Lipinski definition) is 5. The number of pyridine rings is 1. The van der Waals surface area contributed by atoms with Gasteiger partial charge in [-0.1, -0.05) is 25.9 Å². The van der Waals surface area contributed by atoms with Gasteiger partial charge in [-0.05, 0) is 50.5 Å². The Morgan fingerprint density at radius 2 is 2.07 bits per heavy atom. The maximum atomic E-state index is 13.6. The number of rotatable bonds is 4. The highest BCUT2D eigenvalue weighted by atomic mass is 16.5. The molecule has 2 aromatic rings. The van der Waals surface area contributed by atoms with Crippen molar-refractivity contribution in [1.29, 1.82) is 0 Å². The molecule has 0 radical (unpaired) electrons. The predicted molar refractivity (Wildman–Crippen MR) is 108 cm³/mol. The topological polar surface area (TPSA) is 96.5 Å². The van der Waals surface area contributed by atoms with Gasteiger partial charge in [-0.15, -0.1) is 0 Å². The average molecular weight is 399 g/mol. The molecule has 3 heterocycles. The Morgan fingerprint density at radius 1 is 1.34 bits per heavy atom. The van der Waals surface area contributed by atoms with Crippen molar-refractivity contribution < 1.29 is 19.2 Å². The molecule has 7 nitrogen and oxygen atoms in total. The molecule has 1 atom stereocenters. The summed E-state index contributed by atoms with van der Waals surface area (Å²) in [4.78, 5) is 31.6. The molecule has 156 valence electrons. The van der Waals surface area contributed by atoms with Gasteiger partial charge in [-0.3, -0.25) is 9.59 Å². The molecule has 2 aliphatic rings. The Kier molecular flexibility index (Phi) is 4.67. The second kappa shape index (κ2) is 6.82. The van der Waals surface area contributed by atoms with Crippen LogP contribution in [0.4, 0.5) is 0 Å². The lowest BCUT2D eigenvalue weighted by Gasteiger charge is -2.37. The molecule has 1 amide bonds. The Bertz CT molecular complexity index is 970. The van der Waals surface area contributed by atoms with Gasteiger partial charge in [0.05, 0.1) is 22.1 Å². The summed E-state index contributed by atoms with van der Waals surface area (Å²) < 4.78 is 5.54. The van der Waals surface area contributed by atoms with Crippen LogP contribution in [0.3, 0.4) is 0 Å². The minimum absolute atomic E-state index is 0.0215. The van der Waals surface area contributed by atoms with Crippen LogP contribution in [0.1, 0.15) is 81.0 Å². The minimum atomic E-state index is -0.914. The number of carboxylic acid groups (broad SMARTS) is 1. The molecule has 0 spiro atoms. The number of carbonyl (C=O) groups is 2. The van der Waals surface area contributed by atoms with E-state index in [1.54, 1.807) is 11.8 Å². The molecule has 1 saturated heterocycles. The predicted octanol–water partition coefficient (Wildman–Crippen LogP) is 4.02. The summed E-state index contributed by atoms with van der Waals surface area (Å²) >= 11 is 0. The van der Waals surface area contributed by atoms with Gasteiger partial charge in [-0.25, -0.2) is 4.98 Å². The molecule has 2 fully saturated rings. The van der Waals surface area contributed by atoms with Crippen molar-refractivity contribution in [2.24, 2.45) is 10.8 Å². The normalized spacial score (nSPS) is 22.8. The first kappa shape index (κ1) is 19.9. The Balaban J connectivity index is 1.77. The van der Waals surface area contributed by atoms with E-state index in [4.69, 9.17) is 4.52 Å². The molecule has 29 heavy (non-hydrogen) atoms. The van der Waals surface area contributed by atoms with Crippen molar-refractivity contribution in [3.8, 4) is 0 Å². The second-order valence-corrected chi connectivity index (χ2v) is 10.1. The number of hydrogen-bond donors (Lipinski definition) is 1. The molecule has 0 bridgehead atoms. The first-order valence-corrected chi connectivity index (χ1v) is 10.4. The van der Waals surface area contributed by atoms with Crippen LogP contribution in [0, 0.1) is 10.8 Å². The highest BCUT2D eigenvalue weighted by Crippen LogP contribution is 2.41. The molecule has 7 heteroatoms. The summed E-state index contributed by atoms with van der Waals surface area (Å²) in [5.74, 6) is -0.635. The van der Waals surface area contributed by atoms with E-state index in [0.29, 0.717) is 48.4 Å². The van der Waals surface area contributed by atoms with Crippen molar-refractivity contribution >= 4 is 23.0 Å². The zero-order chi connectivity index (χ0) is 21.0. The summed E-state index contributed by atoms with van der Waals surface area (Å²) in [6, 6.07) is 1.89. The number of piperidine rings is 1. The Labute approximate surface area is 170 Å². The number of carboxylic acids is 1. The van der Waals surface area contributed by atoms with Gasteiger partial charge in [0.15, 0.2) is 0 Å². The van der Waals surface area contributed by atoms with E-state index < -0.39 is 11.4 Å². The van der Waals surface area contributed by atoms with Crippen molar-refractivity contribution in [2.45, 2.75) is 65.7 Å². The molecule has 1 N–H and O–H groups in total. The van der Waals surface area contributed by atoms with Gasteiger partial charge >= 0.3 is 5.97 Å². The summed E-state index contributed by atoms with van der Waals surface area (Å²) in [6.45, 7) is 8.84. The first-order chi connectivity index (χ1) is 13.6. The van der Waals surface area contributed by atoms with E-state index in [-0.39, 0.29) is 17.9 Å². The fourth-order valence-electron chi connectivity index (χ4n) is 4.17. The lowest BCUT2D eigenvalue weighted by molar-refractivity contribution is -0.150. The molecule has 0 aromatic carbocycles. The maximum Gasteiger partial charge on any atom is 0.311 e. The van der Waals surface area contributed by atoms with E-state index in [1.807, 2.05) is 6.07 Å². The van der Waals surface area contributed by atoms with Crippen LogP contribution in [-0.2, 0) is 11.2 Å².